The molecule has 3 aromatic rings. The van der Waals surface area contributed by atoms with Crippen molar-refractivity contribution >= 4 is 34.0 Å². The van der Waals surface area contributed by atoms with Gasteiger partial charge in [-0.05, 0) is 55.0 Å². The molecule has 0 spiro atoms. The summed E-state index contributed by atoms with van der Waals surface area (Å²) in [5.41, 5.74) is 4.87. The first-order valence-electron chi connectivity index (χ1n) is 7.26. The molecule has 2 heterocycles. The Kier molecular flexibility index (Phi) is 4.05. The van der Waals surface area contributed by atoms with Gasteiger partial charge >= 0.3 is 0 Å². The molecule has 1 unspecified atom stereocenters. The third-order valence-corrected chi connectivity index (χ3v) is 4.95. The summed E-state index contributed by atoms with van der Waals surface area (Å²) in [6.45, 7) is 7.16. The van der Waals surface area contributed by atoms with E-state index in [1.807, 2.05) is 18.3 Å². The van der Waals surface area contributed by atoms with Crippen molar-refractivity contribution in [2.75, 3.05) is 0 Å². The maximum absolute atomic E-state index is 6.35. The van der Waals surface area contributed by atoms with E-state index < -0.39 is 0 Å². The number of halogens is 1. The highest BCUT2D eigenvalue weighted by atomic mass is 35.5. The van der Waals surface area contributed by atoms with E-state index in [1.54, 1.807) is 0 Å². The summed E-state index contributed by atoms with van der Waals surface area (Å²) in [4.78, 5) is 6.12. The first-order valence-corrected chi connectivity index (χ1v) is 8.58. The van der Waals surface area contributed by atoms with E-state index >= 15 is 0 Å². The Morgan fingerprint density at radius 3 is 2.86 bits per heavy atom. The number of alkyl halides is 1. The van der Waals surface area contributed by atoms with E-state index in [-0.39, 0.29) is 5.38 Å². The van der Waals surface area contributed by atoms with Crippen LogP contribution < -0.4 is 0 Å². The van der Waals surface area contributed by atoms with Crippen LogP contribution >= 0.6 is 22.9 Å². The molecule has 0 fully saturated rings. The number of thiophene rings is 1. The van der Waals surface area contributed by atoms with Gasteiger partial charge in [-0.1, -0.05) is 13.0 Å². The van der Waals surface area contributed by atoms with E-state index in [9.17, 15) is 0 Å². The maximum atomic E-state index is 6.35. The second-order valence-corrected chi connectivity index (χ2v) is 7.04. The van der Waals surface area contributed by atoms with E-state index in [0.29, 0.717) is 0 Å². The van der Waals surface area contributed by atoms with Gasteiger partial charge in [-0.2, -0.15) is 0 Å². The van der Waals surface area contributed by atoms with Gasteiger partial charge in [-0.25, -0.2) is 4.98 Å². The van der Waals surface area contributed by atoms with Crippen LogP contribution in [0.1, 0.15) is 41.1 Å². The molecule has 2 nitrogen and oxygen atoms in total. The van der Waals surface area contributed by atoms with Crippen molar-refractivity contribution in [3.8, 4) is 0 Å². The molecule has 0 aliphatic rings. The molecule has 0 amide bonds. The highest BCUT2D eigenvalue weighted by molar-refractivity contribution is 7.10. The van der Waals surface area contributed by atoms with Crippen LogP contribution in [-0.4, -0.2) is 9.55 Å². The largest absolute Gasteiger partial charge is 0.321 e. The minimum absolute atomic E-state index is 0.0947. The van der Waals surface area contributed by atoms with Crippen LogP contribution in [0.25, 0.3) is 11.0 Å². The number of benzene rings is 1. The van der Waals surface area contributed by atoms with E-state index in [1.165, 1.54) is 21.5 Å². The monoisotopic (exact) mass is 318 g/mol. The van der Waals surface area contributed by atoms with Gasteiger partial charge in [0.25, 0.3) is 0 Å². The number of fused-ring (bicyclic) bond motifs is 1. The predicted octanol–water partition coefficient (Wildman–Crippen LogP) is 5.32. The lowest BCUT2D eigenvalue weighted by atomic mass is 10.2. The fourth-order valence-corrected chi connectivity index (χ4v) is 3.82. The van der Waals surface area contributed by atoms with Gasteiger partial charge in [-0.15, -0.1) is 22.9 Å². The Morgan fingerprint density at radius 2 is 2.14 bits per heavy atom. The van der Waals surface area contributed by atoms with Crippen molar-refractivity contribution in [2.45, 2.75) is 39.1 Å². The van der Waals surface area contributed by atoms with E-state index in [0.717, 1.165) is 24.3 Å². The minimum atomic E-state index is -0.0947. The molecule has 0 aliphatic carbocycles. The van der Waals surface area contributed by atoms with Gasteiger partial charge in [-0.3, -0.25) is 0 Å². The summed E-state index contributed by atoms with van der Waals surface area (Å²) in [6.07, 6.45) is 1.07. The molecule has 21 heavy (non-hydrogen) atoms. The van der Waals surface area contributed by atoms with Crippen LogP contribution in [-0.2, 0) is 13.0 Å². The van der Waals surface area contributed by atoms with Gasteiger partial charge < -0.3 is 4.57 Å². The lowest BCUT2D eigenvalue weighted by Crippen LogP contribution is -2.06. The average Bonchev–Trinajstić information content (AvgIpc) is 3.04. The summed E-state index contributed by atoms with van der Waals surface area (Å²) in [6, 6.07) is 8.60. The summed E-state index contributed by atoms with van der Waals surface area (Å²) in [5.74, 6) is 0.952. The fourth-order valence-electron chi connectivity index (χ4n) is 2.69. The highest BCUT2D eigenvalue weighted by Crippen LogP contribution is 2.28. The second kappa shape index (κ2) is 5.82. The summed E-state index contributed by atoms with van der Waals surface area (Å²) >= 11 is 8.17. The normalized spacial score (nSPS) is 13.0. The molecule has 1 aromatic carbocycles. The van der Waals surface area contributed by atoms with Crippen molar-refractivity contribution in [1.29, 1.82) is 0 Å². The molecule has 0 N–H and O–H groups in total. The number of aromatic nitrogens is 2. The third kappa shape index (κ3) is 2.72. The van der Waals surface area contributed by atoms with Crippen molar-refractivity contribution < 1.29 is 0 Å². The number of nitrogens with zero attached hydrogens (tertiary/aromatic N) is 2. The van der Waals surface area contributed by atoms with Gasteiger partial charge in [0.05, 0.1) is 23.0 Å². The smallest absolute Gasteiger partial charge is 0.128 e. The van der Waals surface area contributed by atoms with Gasteiger partial charge in [0.15, 0.2) is 0 Å². The average molecular weight is 319 g/mol. The minimum Gasteiger partial charge on any atom is -0.321 e. The van der Waals surface area contributed by atoms with Crippen LogP contribution in [0.4, 0.5) is 0 Å². The quantitative estimate of drug-likeness (QED) is 0.595. The fraction of sp³-hybridized carbons (Fsp3) is 0.353. The third-order valence-electron chi connectivity index (χ3n) is 3.81. The van der Waals surface area contributed by atoms with Crippen LogP contribution in [0, 0.1) is 6.92 Å². The summed E-state index contributed by atoms with van der Waals surface area (Å²) in [7, 11) is 0. The lowest BCUT2D eigenvalue weighted by Gasteiger charge is -2.11. The number of hydrogen-bond donors (Lipinski definition) is 0. The van der Waals surface area contributed by atoms with Crippen LogP contribution in [0.15, 0.2) is 29.6 Å². The van der Waals surface area contributed by atoms with Gasteiger partial charge in [0.2, 0.25) is 0 Å². The molecule has 0 aliphatic heterocycles. The predicted molar refractivity (Wildman–Crippen MR) is 91.5 cm³/mol. The van der Waals surface area contributed by atoms with E-state index in [4.69, 9.17) is 16.6 Å². The SMILES string of the molecule is CCc1ccsc1Cn1c(C(C)Cl)nc2ccc(C)cc21. The van der Waals surface area contributed by atoms with Crippen molar-refractivity contribution in [2.24, 2.45) is 0 Å². The molecular weight excluding hydrogens is 300 g/mol. The number of aryl methyl sites for hydroxylation is 2. The number of imidazole rings is 1. The lowest BCUT2D eigenvalue weighted by molar-refractivity contribution is 0.745. The first kappa shape index (κ1) is 14.6. The zero-order valence-electron chi connectivity index (χ0n) is 12.6. The zero-order valence-corrected chi connectivity index (χ0v) is 14.1. The molecule has 0 saturated heterocycles. The van der Waals surface area contributed by atoms with Gasteiger partial charge in [0, 0.05) is 4.88 Å². The zero-order chi connectivity index (χ0) is 15.0. The molecule has 0 radical (unpaired) electrons. The maximum Gasteiger partial charge on any atom is 0.128 e. The molecule has 0 bridgehead atoms. The molecule has 4 heteroatoms. The Balaban J connectivity index is 2.15. The second-order valence-electron chi connectivity index (χ2n) is 5.39. The Labute approximate surface area is 134 Å². The summed E-state index contributed by atoms with van der Waals surface area (Å²) < 4.78 is 2.27. The first-order chi connectivity index (χ1) is 10.1. The molecule has 2 aromatic heterocycles. The Hall–Kier alpha value is -1.32. The van der Waals surface area contributed by atoms with Crippen LogP contribution in [0.3, 0.4) is 0 Å². The van der Waals surface area contributed by atoms with Gasteiger partial charge in [0.1, 0.15) is 5.82 Å². The molecule has 3 rings (SSSR count). The van der Waals surface area contributed by atoms with Crippen molar-refractivity contribution in [3.05, 3.63) is 51.5 Å². The number of hydrogen-bond acceptors (Lipinski definition) is 2. The molecule has 110 valence electrons. The van der Waals surface area contributed by atoms with Crippen molar-refractivity contribution in [1.82, 2.24) is 9.55 Å². The van der Waals surface area contributed by atoms with Crippen LogP contribution in [0.5, 0.6) is 0 Å². The standard InChI is InChI=1S/C17H19ClN2S/c1-4-13-7-8-21-16(13)10-20-15-9-11(2)5-6-14(15)19-17(20)12(3)18/h5-9,12H,4,10H2,1-3H3. The number of rotatable bonds is 4. The van der Waals surface area contributed by atoms with Crippen molar-refractivity contribution in [3.63, 3.8) is 0 Å². The Morgan fingerprint density at radius 1 is 1.33 bits per heavy atom. The molecular formula is C17H19ClN2S. The molecule has 0 saturated carbocycles. The topological polar surface area (TPSA) is 17.8 Å². The van der Waals surface area contributed by atoms with Crippen LogP contribution in [0.2, 0.25) is 0 Å². The highest BCUT2D eigenvalue weighted by Gasteiger charge is 2.16. The Bertz CT molecular complexity index is 770. The summed E-state index contributed by atoms with van der Waals surface area (Å²) in [5, 5.41) is 2.07. The van der Waals surface area contributed by atoms with E-state index in [2.05, 4.69) is 48.1 Å². The molecule has 1 atom stereocenters.